The van der Waals surface area contributed by atoms with E-state index in [1.54, 1.807) is 19.1 Å². The molecule has 0 aliphatic rings. The second-order valence-corrected chi connectivity index (χ2v) is 6.19. The molecule has 0 radical (unpaired) electrons. The number of carboxylic acid groups (broad SMARTS) is 1. The molecule has 0 bridgehead atoms. The minimum Gasteiger partial charge on any atom is -0.480 e. The van der Waals surface area contributed by atoms with Crippen LogP contribution < -0.4 is 4.72 Å². The molecule has 1 rings (SSSR count). The van der Waals surface area contributed by atoms with Gasteiger partial charge >= 0.3 is 5.97 Å². The van der Waals surface area contributed by atoms with E-state index < -0.39 is 22.0 Å². The van der Waals surface area contributed by atoms with Crippen LogP contribution in [0.5, 0.6) is 0 Å². The average molecular weight is 322 g/mol. The highest BCUT2D eigenvalue weighted by atomic mass is 79.9. The minimum absolute atomic E-state index is 0.0694. The standard InChI is InChI=1S/C10H12BrNO4S/c1-6-3-4-8(11)5-9(6)17(15,16)12-7(2)10(13)14/h3-5,7,12H,1-2H3,(H,13,14)/t7-/m1/s1. The molecule has 0 amide bonds. The lowest BCUT2D eigenvalue weighted by molar-refractivity contribution is -0.138. The maximum Gasteiger partial charge on any atom is 0.321 e. The molecule has 2 N–H and O–H groups in total. The first-order valence-corrected chi connectivity index (χ1v) is 7.03. The van der Waals surface area contributed by atoms with Gasteiger partial charge in [0.05, 0.1) is 4.90 Å². The van der Waals surface area contributed by atoms with Crippen LogP contribution in [-0.4, -0.2) is 25.5 Å². The molecule has 0 saturated carbocycles. The Morgan fingerprint density at radius 1 is 1.47 bits per heavy atom. The highest BCUT2D eigenvalue weighted by molar-refractivity contribution is 9.10. The SMILES string of the molecule is Cc1ccc(Br)cc1S(=O)(=O)N[C@H](C)C(=O)O. The van der Waals surface area contributed by atoms with Gasteiger partial charge in [0.1, 0.15) is 6.04 Å². The second-order valence-electron chi connectivity index (χ2n) is 3.59. The van der Waals surface area contributed by atoms with Gasteiger partial charge in [-0.1, -0.05) is 22.0 Å². The number of hydrogen-bond donors (Lipinski definition) is 2. The molecule has 1 aromatic carbocycles. The van der Waals surface area contributed by atoms with Crippen molar-refractivity contribution in [2.24, 2.45) is 0 Å². The van der Waals surface area contributed by atoms with Crippen molar-refractivity contribution in [1.82, 2.24) is 4.72 Å². The number of nitrogens with one attached hydrogen (secondary N) is 1. The summed E-state index contributed by atoms with van der Waals surface area (Å²) in [5.74, 6) is -1.22. The number of carboxylic acids is 1. The predicted octanol–water partition coefficient (Wildman–Crippen LogP) is 1.51. The largest absolute Gasteiger partial charge is 0.480 e. The molecule has 1 atom stereocenters. The maximum absolute atomic E-state index is 11.9. The summed E-state index contributed by atoms with van der Waals surface area (Å²) >= 11 is 3.18. The highest BCUT2D eigenvalue weighted by Crippen LogP contribution is 2.20. The van der Waals surface area contributed by atoms with E-state index in [1.165, 1.54) is 13.0 Å². The molecular weight excluding hydrogens is 310 g/mol. The number of aliphatic carboxylic acids is 1. The van der Waals surface area contributed by atoms with Crippen LogP contribution in [0.2, 0.25) is 0 Å². The molecule has 0 spiro atoms. The first-order valence-electron chi connectivity index (χ1n) is 4.75. The molecule has 0 fully saturated rings. The van der Waals surface area contributed by atoms with Crippen LogP contribution in [0.3, 0.4) is 0 Å². The first kappa shape index (κ1) is 14.1. The molecule has 0 unspecified atom stereocenters. The number of sulfonamides is 1. The van der Waals surface area contributed by atoms with Gasteiger partial charge in [0.25, 0.3) is 0 Å². The van der Waals surface area contributed by atoms with E-state index >= 15 is 0 Å². The summed E-state index contributed by atoms with van der Waals surface area (Å²) in [6.07, 6.45) is 0. The van der Waals surface area contributed by atoms with Crippen molar-refractivity contribution in [3.05, 3.63) is 28.2 Å². The topological polar surface area (TPSA) is 83.5 Å². The van der Waals surface area contributed by atoms with Crippen LogP contribution in [0, 0.1) is 6.92 Å². The molecule has 0 aliphatic heterocycles. The van der Waals surface area contributed by atoms with Gasteiger partial charge in [-0.15, -0.1) is 0 Å². The quantitative estimate of drug-likeness (QED) is 0.880. The molecular formula is C10H12BrNO4S. The maximum atomic E-state index is 11.9. The molecule has 5 nitrogen and oxygen atoms in total. The lowest BCUT2D eigenvalue weighted by Gasteiger charge is -2.12. The van der Waals surface area contributed by atoms with E-state index in [4.69, 9.17) is 5.11 Å². The van der Waals surface area contributed by atoms with Crippen LogP contribution in [0.15, 0.2) is 27.6 Å². The summed E-state index contributed by atoms with van der Waals surface area (Å²) in [5, 5.41) is 8.68. The van der Waals surface area contributed by atoms with Crippen molar-refractivity contribution in [3.8, 4) is 0 Å². The Labute approximate surface area is 108 Å². The van der Waals surface area contributed by atoms with Gasteiger partial charge in [-0.3, -0.25) is 4.79 Å². The van der Waals surface area contributed by atoms with Crippen LogP contribution in [-0.2, 0) is 14.8 Å². The molecule has 0 aromatic heterocycles. The van der Waals surface area contributed by atoms with Gasteiger partial charge in [0, 0.05) is 4.47 Å². The van der Waals surface area contributed by atoms with Crippen LogP contribution in [0.4, 0.5) is 0 Å². The van der Waals surface area contributed by atoms with Crippen LogP contribution in [0.25, 0.3) is 0 Å². The van der Waals surface area contributed by atoms with Crippen LogP contribution >= 0.6 is 15.9 Å². The molecule has 17 heavy (non-hydrogen) atoms. The van der Waals surface area contributed by atoms with Gasteiger partial charge in [0.2, 0.25) is 10.0 Å². The second kappa shape index (κ2) is 5.16. The normalized spacial score (nSPS) is 13.4. The van der Waals surface area contributed by atoms with Crippen molar-refractivity contribution in [2.45, 2.75) is 24.8 Å². The van der Waals surface area contributed by atoms with E-state index in [9.17, 15) is 13.2 Å². The third kappa shape index (κ3) is 3.52. The number of benzene rings is 1. The zero-order chi connectivity index (χ0) is 13.2. The number of rotatable bonds is 4. The fourth-order valence-corrected chi connectivity index (χ4v) is 3.19. The van der Waals surface area contributed by atoms with E-state index in [-0.39, 0.29) is 4.90 Å². The summed E-state index contributed by atoms with van der Waals surface area (Å²) in [5.41, 5.74) is 0.554. The minimum atomic E-state index is -3.82. The Bertz CT molecular complexity index is 541. The van der Waals surface area contributed by atoms with Gasteiger partial charge < -0.3 is 5.11 Å². The molecule has 0 aliphatic carbocycles. The van der Waals surface area contributed by atoms with E-state index in [0.29, 0.717) is 10.0 Å². The number of hydrogen-bond acceptors (Lipinski definition) is 3. The molecule has 94 valence electrons. The van der Waals surface area contributed by atoms with Gasteiger partial charge in [-0.25, -0.2) is 8.42 Å². The first-order chi connectivity index (χ1) is 7.74. The van der Waals surface area contributed by atoms with E-state index in [2.05, 4.69) is 20.7 Å². The molecule has 1 aromatic rings. The summed E-state index contributed by atoms with van der Waals surface area (Å²) < 4.78 is 26.6. The Balaban J connectivity index is 3.13. The highest BCUT2D eigenvalue weighted by Gasteiger charge is 2.23. The number of aryl methyl sites for hydroxylation is 1. The summed E-state index contributed by atoms with van der Waals surface area (Å²) in [6, 6.07) is 3.63. The van der Waals surface area contributed by atoms with Gasteiger partial charge in [0.15, 0.2) is 0 Å². The lowest BCUT2D eigenvalue weighted by atomic mass is 10.2. The van der Waals surface area contributed by atoms with Crippen molar-refractivity contribution in [3.63, 3.8) is 0 Å². The lowest BCUT2D eigenvalue weighted by Crippen LogP contribution is -2.38. The Kier molecular flexibility index (Phi) is 4.29. The van der Waals surface area contributed by atoms with E-state index in [1.807, 2.05) is 0 Å². The van der Waals surface area contributed by atoms with Crippen LogP contribution in [0.1, 0.15) is 12.5 Å². The fraction of sp³-hybridized carbons (Fsp3) is 0.300. The third-order valence-electron chi connectivity index (χ3n) is 2.14. The Morgan fingerprint density at radius 2 is 2.06 bits per heavy atom. The smallest absolute Gasteiger partial charge is 0.321 e. The summed E-state index contributed by atoms with van der Waals surface area (Å²) in [7, 11) is -3.82. The Morgan fingerprint density at radius 3 is 2.59 bits per heavy atom. The zero-order valence-corrected chi connectivity index (χ0v) is 11.7. The number of halogens is 1. The summed E-state index contributed by atoms with van der Waals surface area (Å²) in [4.78, 5) is 10.7. The molecule has 7 heteroatoms. The predicted molar refractivity (Wildman–Crippen MR) is 66.3 cm³/mol. The zero-order valence-electron chi connectivity index (χ0n) is 9.27. The van der Waals surface area contributed by atoms with Gasteiger partial charge in [-0.2, -0.15) is 4.72 Å². The van der Waals surface area contributed by atoms with Crippen molar-refractivity contribution in [2.75, 3.05) is 0 Å². The average Bonchev–Trinajstić information content (AvgIpc) is 2.20. The third-order valence-corrected chi connectivity index (χ3v) is 4.32. The van der Waals surface area contributed by atoms with Crippen molar-refractivity contribution < 1.29 is 18.3 Å². The van der Waals surface area contributed by atoms with Gasteiger partial charge in [-0.05, 0) is 31.5 Å². The van der Waals surface area contributed by atoms with E-state index in [0.717, 1.165) is 0 Å². The number of carbonyl (C=O) groups is 1. The fourth-order valence-electron chi connectivity index (χ4n) is 1.21. The molecule has 0 heterocycles. The monoisotopic (exact) mass is 321 g/mol. The molecule has 0 saturated heterocycles. The van der Waals surface area contributed by atoms with Crippen molar-refractivity contribution in [1.29, 1.82) is 0 Å². The Hall–Kier alpha value is -0.920. The van der Waals surface area contributed by atoms with Crippen molar-refractivity contribution >= 4 is 31.9 Å². The summed E-state index contributed by atoms with van der Waals surface area (Å²) in [6.45, 7) is 2.92.